The van der Waals surface area contributed by atoms with Gasteiger partial charge in [0.05, 0.1) is 36.6 Å². The predicted molar refractivity (Wildman–Crippen MR) is 91.7 cm³/mol. The van der Waals surface area contributed by atoms with Gasteiger partial charge in [0.25, 0.3) is 5.91 Å². The molecular weight excluding hydrogens is 320 g/mol. The monoisotopic (exact) mass is 338 g/mol. The SMILES string of the molecule is COc1ccc(-n2nc(C(=O)N(C)C)cc2-c2cnc(C)cn2)cn1. The van der Waals surface area contributed by atoms with Crippen molar-refractivity contribution in [1.82, 2.24) is 29.6 Å². The first-order valence-electron chi connectivity index (χ1n) is 7.60. The van der Waals surface area contributed by atoms with Gasteiger partial charge in [0.1, 0.15) is 5.69 Å². The third kappa shape index (κ3) is 3.32. The van der Waals surface area contributed by atoms with E-state index in [1.54, 1.807) is 56.6 Å². The Balaban J connectivity index is 2.13. The van der Waals surface area contributed by atoms with Crippen LogP contribution in [0.25, 0.3) is 17.1 Å². The molecule has 3 heterocycles. The molecule has 0 bridgehead atoms. The third-order valence-corrected chi connectivity index (χ3v) is 3.55. The van der Waals surface area contributed by atoms with Crippen molar-refractivity contribution >= 4 is 5.91 Å². The summed E-state index contributed by atoms with van der Waals surface area (Å²) < 4.78 is 6.71. The largest absolute Gasteiger partial charge is 0.481 e. The number of methoxy groups -OCH3 is 1. The molecule has 0 aromatic carbocycles. The van der Waals surface area contributed by atoms with E-state index in [9.17, 15) is 4.79 Å². The quantitative estimate of drug-likeness (QED) is 0.720. The summed E-state index contributed by atoms with van der Waals surface area (Å²) in [5.41, 5.74) is 3.09. The number of rotatable bonds is 4. The highest BCUT2D eigenvalue weighted by Gasteiger charge is 2.19. The molecule has 0 unspecified atom stereocenters. The molecule has 8 heteroatoms. The minimum Gasteiger partial charge on any atom is -0.481 e. The summed E-state index contributed by atoms with van der Waals surface area (Å²) in [6, 6.07) is 5.24. The molecule has 0 saturated heterocycles. The van der Waals surface area contributed by atoms with E-state index in [0.717, 1.165) is 5.69 Å². The molecule has 0 saturated carbocycles. The molecule has 0 spiro atoms. The number of carbonyl (C=O) groups is 1. The zero-order valence-electron chi connectivity index (χ0n) is 14.5. The van der Waals surface area contributed by atoms with E-state index in [2.05, 4.69) is 20.1 Å². The van der Waals surface area contributed by atoms with Crippen LogP contribution in [0.4, 0.5) is 0 Å². The van der Waals surface area contributed by atoms with E-state index in [-0.39, 0.29) is 5.91 Å². The lowest BCUT2D eigenvalue weighted by molar-refractivity contribution is 0.0821. The molecule has 3 rings (SSSR count). The highest BCUT2D eigenvalue weighted by Crippen LogP contribution is 2.23. The van der Waals surface area contributed by atoms with Gasteiger partial charge in [0.15, 0.2) is 5.69 Å². The zero-order chi connectivity index (χ0) is 18.0. The van der Waals surface area contributed by atoms with Gasteiger partial charge in [-0.1, -0.05) is 0 Å². The van der Waals surface area contributed by atoms with Gasteiger partial charge in [-0.2, -0.15) is 5.10 Å². The highest BCUT2D eigenvalue weighted by molar-refractivity contribution is 5.93. The van der Waals surface area contributed by atoms with Crippen molar-refractivity contribution in [3.63, 3.8) is 0 Å². The van der Waals surface area contributed by atoms with Crippen LogP contribution in [0.1, 0.15) is 16.2 Å². The van der Waals surface area contributed by atoms with Crippen LogP contribution in [0, 0.1) is 6.92 Å². The Labute approximate surface area is 145 Å². The van der Waals surface area contributed by atoms with Crippen molar-refractivity contribution in [3.8, 4) is 23.0 Å². The minimum absolute atomic E-state index is 0.193. The van der Waals surface area contributed by atoms with Gasteiger partial charge in [-0.3, -0.25) is 14.8 Å². The van der Waals surface area contributed by atoms with Crippen LogP contribution in [0.5, 0.6) is 5.88 Å². The first-order valence-corrected chi connectivity index (χ1v) is 7.60. The number of aryl methyl sites for hydroxylation is 1. The van der Waals surface area contributed by atoms with Crippen LogP contribution in [-0.4, -0.2) is 56.7 Å². The molecule has 0 atom stereocenters. The molecule has 0 N–H and O–H groups in total. The lowest BCUT2D eigenvalue weighted by Crippen LogP contribution is -2.22. The average molecular weight is 338 g/mol. The Morgan fingerprint density at radius 2 is 1.92 bits per heavy atom. The van der Waals surface area contributed by atoms with E-state index in [4.69, 9.17) is 4.74 Å². The number of ether oxygens (including phenoxy) is 1. The van der Waals surface area contributed by atoms with Gasteiger partial charge in [-0.25, -0.2) is 9.67 Å². The Kier molecular flexibility index (Phi) is 4.42. The van der Waals surface area contributed by atoms with Crippen molar-refractivity contribution < 1.29 is 9.53 Å². The van der Waals surface area contributed by atoms with E-state index in [1.807, 2.05) is 13.0 Å². The molecule has 0 radical (unpaired) electrons. The summed E-state index contributed by atoms with van der Waals surface area (Å²) in [4.78, 5) is 26.6. The summed E-state index contributed by atoms with van der Waals surface area (Å²) in [6.07, 6.45) is 4.96. The highest BCUT2D eigenvalue weighted by atomic mass is 16.5. The molecule has 1 amide bonds. The molecule has 25 heavy (non-hydrogen) atoms. The summed E-state index contributed by atoms with van der Waals surface area (Å²) in [7, 11) is 4.92. The molecule has 0 aliphatic carbocycles. The molecular formula is C17H18N6O2. The Morgan fingerprint density at radius 3 is 2.48 bits per heavy atom. The standard InChI is InChI=1S/C17H18N6O2/c1-11-8-19-14(10-18-11)15-7-13(17(24)22(2)3)21-23(15)12-5-6-16(25-4)20-9-12/h5-10H,1-4H3. The molecule has 0 fully saturated rings. The number of hydrogen-bond donors (Lipinski definition) is 0. The minimum atomic E-state index is -0.193. The van der Waals surface area contributed by atoms with Gasteiger partial charge in [0.2, 0.25) is 5.88 Å². The van der Waals surface area contributed by atoms with Gasteiger partial charge in [-0.05, 0) is 19.1 Å². The smallest absolute Gasteiger partial charge is 0.273 e. The molecule has 3 aromatic rings. The maximum atomic E-state index is 12.3. The first-order chi connectivity index (χ1) is 12.0. The maximum Gasteiger partial charge on any atom is 0.273 e. The molecule has 128 valence electrons. The summed E-state index contributed by atoms with van der Waals surface area (Å²) in [6.45, 7) is 1.86. The maximum absolute atomic E-state index is 12.3. The first kappa shape index (κ1) is 16.6. The number of carbonyl (C=O) groups excluding carboxylic acids is 1. The van der Waals surface area contributed by atoms with Crippen LogP contribution in [0.2, 0.25) is 0 Å². The second-order valence-electron chi connectivity index (χ2n) is 5.63. The molecule has 3 aromatic heterocycles. The number of amides is 1. The Bertz CT molecular complexity index is 885. The van der Waals surface area contributed by atoms with Crippen LogP contribution >= 0.6 is 0 Å². The summed E-state index contributed by atoms with van der Waals surface area (Å²) in [5.74, 6) is 0.304. The Morgan fingerprint density at radius 1 is 1.12 bits per heavy atom. The van der Waals surface area contributed by atoms with Crippen LogP contribution in [0.3, 0.4) is 0 Å². The van der Waals surface area contributed by atoms with Crippen LogP contribution < -0.4 is 4.74 Å². The third-order valence-electron chi connectivity index (χ3n) is 3.55. The molecule has 8 nitrogen and oxygen atoms in total. The van der Waals surface area contributed by atoms with Crippen LogP contribution in [-0.2, 0) is 0 Å². The zero-order valence-corrected chi connectivity index (χ0v) is 14.5. The summed E-state index contributed by atoms with van der Waals surface area (Å²) in [5, 5.41) is 4.43. The molecule has 0 aliphatic heterocycles. The lowest BCUT2D eigenvalue weighted by Gasteiger charge is -2.08. The molecule has 0 aliphatic rings. The average Bonchev–Trinajstić information content (AvgIpc) is 3.07. The van der Waals surface area contributed by atoms with Gasteiger partial charge < -0.3 is 9.64 Å². The van der Waals surface area contributed by atoms with E-state index >= 15 is 0 Å². The topological polar surface area (TPSA) is 86.0 Å². The lowest BCUT2D eigenvalue weighted by atomic mass is 10.2. The fraction of sp³-hybridized carbons (Fsp3) is 0.235. The number of nitrogens with zero attached hydrogens (tertiary/aromatic N) is 6. The van der Waals surface area contributed by atoms with Crippen molar-refractivity contribution in [2.24, 2.45) is 0 Å². The number of aromatic nitrogens is 5. The number of pyridine rings is 1. The van der Waals surface area contributed by atoms with Crippen molar-refractivity contribution in [2.75, 3.05) is 21.2 Å². The second kappa shape index (κ2) is 6.68. The van der Waals surface area contributed by atoms with Crippen molar-refractivity contribution in [2.45, 2.75) is 6.92 Å². The van der Waals surface area contributed by atoms with Crippen molar-refractivity contribution in [3.05, 3.63) is 48.2 Å². The van der Waals surface area contributed by atoms with Gasteiger partial charge >= 0.3 is 0 Å². The fourth-order valence-electron chi connectivity index (χ4n) is 2.24. The number of hydrogen-bond acceptors (Lipinski definition) is 6. The summed E-state index contributed by atoms with van der Waals surface area (Å²) >= 11 is 0. The predicted octanol–water partition coefficient (Wildman–Crippen LogP) is 1.74. The van der Waals surface area contributed by atoms with E-state index < -0.39 is 0 Å². The van der Waals surface area contributed by atoms with Gasteiger partial charge in [-0.15, -0.1) is 0 Å². The fourth-order valence-corrected chi connectivity index (χ4v) is 2.24. The van der Waals surface area contributed by atoms with E-state index in [1.165, 1.54) is 4.90 Å². The normalized spacial score (nSPS) is 10.6. The Hall–Kier alpha value is -3.29. The van der Waals surface area contributed by atoms with E-state index in [0.29, 0.717) is 28.6 Å². The van der Waals surface area contributed by atoms with Crippen molar-refractivity contribution in [1.29, 1.82) is 0 Å². The second-order valence-corrected chi connectivity index (χ2v) is 5.63. The van der Waals surface area contributed by atoms with Crippen LogP contribution in [0.15, 0.2) is 36.8 Å². The van der Waals surface area contributed by atoms with Gasteiger partial charge in [0, 0.05) is 26.4 Å².